The minimum atomic E-state index is -0.209. The van der Waals surface area contributed by atoms with E-state index in [4.69, 9.17) is 14.2 Å². The molecule has 0 atom stereocenters. The van der Waals surface area contributed by atoms with Gasteiger partial charge in [-0.15, -0.1) is 0 Å². The van der Waals surface area contributed by atoms with Crippen LogP contribution in [0.5, 0.6) is 11.5 Å². The van der Waals surface area contributed by atoms with E-state index >= 15 is 0 Å². The van der Waals surface area contributed by atoms with Gasteiger partial charge >= 0.3 is 0 Å². The number of carbonyl (C=O) groups is 1. The van der Waals surface area contributed by atoms with Gasteiger partial charge in [-0.2, -0.15) is 0 Å². The van der Waals surface area contributed by atoms with Crippen LogP contribution in [0.1, 0.15) is 16.8 Å². The first-order valence-electron chi connectivity index (χ1n) is 8.16. The highest BCUT2D eigenvalue weighted by molar-refractivity contribution is 6.04. The zero-order valence-corrected chi connectivity index (χ0v) is 14.1. The maximum atomic E-state index is 12.5. The van der Waals surface area contributed by atoms with Crippen molar-refractivity contribution < 1.29 is 19.0 Å². The lowest BCUT2D eigenvalue weighted by Crippen LogP contribution is -2.16. The molecule has 25 heavy (non-hydrogen) atoms. The predicted octanol–water partition coefficient (Wildman–Crippen LogP) is 2.55. The molecule has 1 aromatic carbocycles. The van der Waals surface area contributed by atoms with Gasteiger partial charge in [0.2, 0.25) is 0 Å². The Morgan fingerprint density at radius 3 is 2.88 bits per heavy atom. The number of anilines is 2. The highest BCUT2D eigenvalue weighted by atomic mass is 16.6. The monoisotopic (exact) mass is 343 g/mol. The van der Waals surface area contributed by atoms with Gasteiger partial charge in [-0.25, -0.2) is 4.98 Å². The lowest BCUT2D eigenvalue weighted by atomic mass is 10.2. The number of amides is 1. The topological polar surface area (TPSA) is 81.7 Å². The van der Waals surface area contributed by atoms with E-state index in [1.807, 2.05) is 0 Å². The summed E-state index contributed by atoms with van der Waals surface area (Å²) in [6.07, 6.45) is 2.48. The quantitative estimate of drug-likeness (QED) is 0.752. The molecular formula is C18H21N3O4. The number of carbonyl (C=O) groups excluding carboxylic acids is 1. The molecule has 0 bridgehead atoms. The van der Waals surface area contributed by atoms with Gasteiger partial charge < -0.3 is 24.8 Å². The Morgan fingerprint density at radius 1 is 1.20 bits per heavy atom. The molecule has 2 aromatic rings. The Morgan fingerprint density at radius 2 is 2.04 bits per heavy atom. The number of methoxy groups -OCH3 is 1. The molecule has 0 unspecified atom stereocenters. The normalized spacial score (nSPS) is 12.5. The van der Waals surface area contributed by atoms with Gasteiger partial charge in [0.05, 0.1) is 0 Å². The fourth-order valence-corrected chi connectivity index (χ4v) is 2.43. The van der Waals surface area contributed by atoms with Crippen LogP contribution in [0.3, 0.4) is 0 Å². The fraction of sp³-hybridized carbons (Fsp3) is 0.333. The number of benzene rings is 1. The van der Waals surface area contributed by atoms with Crippen LogP contribution in [0, 0.1) is 0 Å². The van der Waals surface area contributed by atoms with Crippen molar-refractivity contribution in [2.75, 3.05) is 44.1 Å². The van der Waals surface area contributed by atoms with E-state index in [1.165, 1.54) is 0 Å². The molecule has 7 heteroatoms. The summed E-state index contributed by atoms with van der Waals surface area (Å²) in [6.45, 7) is 2.45. The fourth-order valence-electron chi connectivity index (χ4n) is 2.43. The number of hydrogen-bond donors (Lipinski definition) is 2. The number of nitrogens with one attached hydrogen (secondary N) is 2. The molecule has 0 fully saturated rings. The van der Waals surface area contributed by atoms with E-state index in [0.717, 1.165) is 13.0 Å². The van der Waals surface area contributed by atoms with Crippen molar-refractivity contribution in [3.05, 3.63) is 42.1 Å². The van der Waals surface area contributed by atoms with Crippen LogP contribution in [-0.2, 0) is 4.74 Å². The molecule has 2 heterocycles. The van der Waals surface area contributed by atoms with E-state index < -0.39 is 0 Å². The van der Waals surface area contributed by atoms with Gasteiger partial charge in [-0.05, 0) is 30.7 Å². The average molecular weight is 343 g/mol. The molecule has 3 rings (SSSR count). The summed E-state index contributed by atoms with van der Waals surface area (Å²) in [5.41, 5.74) is 1.18. The molecule has 0 radical (unpaired) electrons. The third-order valence-corrected chi connectivity index (χ3v) is 3.65. The Labute approximate surface area is 146 Å². The van der Waals surface area contributed by atoms with Crippen molar-refractivity contribution in [2.45, 2.75) is 6.42 Å². The number of ether oxygens (including phenoxy) is 3. The Balaban J connectivity index is 1.63. The van der Waals surface area contributed by atoms with Crippen LogP contribution in [0.4, 0.5) is 11.5 Å². The third kappa shape index (κ3) is 4.60. The summed E-state index contributed by atoms with van der Waals surface area (Å²) in [5, 5.41) is 6.03. The lowest BCUT2D eigenvalue weighted by molar-refractivity contribution is 0.102. The number of aromatic nitrogens is 1. The van der Waals surface area contributed by atoms with Crippen molar-refractivity contribution in [3.63, 3.8) is 0 Å². The molecule has 0 saturated heterocycles. The van der Waals surface area contributed by atoms with Crippen LogP contribution in [-0.4, -0.2) is 44.4 Å². The van der Waals surface area contributed by atoms with Crippen LogP contribution >= 0.6 is 0 Å². The number of hydrogen-bond acceptors (Lipinski definition) is 6. The maximum Gasteiger partial charge on any atom is 0.255 e. The number of pyridine rings is 1. The second-order valence-corrected chi connectivity index (χ2v) is 5.52. The van der Waals surface area contributed by atoms with E-state index in [2.05, 4.69) is 15.6 Å². The molecule has 7 nitrogen and oxygen atoms in total. The number of fused-ring (bicyclic) bond motifs is 1. The minimum absolute atomic E-state index is 0.209. The summed E-state index contributed by atoms with van der Waals surface area (Å²) in [6, 6.07) is 8.74. The zero-order valence-electron chi connectivity index (χ0n) is 14.1. The van der Waals surface area contributed by atoms with E-state index in [9.17, 15) is 4.79 Å². The number of nitrogens with zero attached hydrogens (tertiary/aromatic N) is 1. The molecular weight excluding hydrogens is 322 g/mol. The Hall–Kier alpha value is -2.80. The van der Waals surface area contributed by atoms with Gasteiger partial charge in [0.15, 0.2) is 11.5 Å². The molecule has 1 aliphatic rings. The first-order valence-corrected chi connectivity index (χ1v) is 8.16. The lowest BCUT2D eigenvalue weighted by Gasteiger charge is -2.19. The molecule has 1 amide bonds. The summed E-state index contributed by atoms with van der Waals surface area (Å²) >= 11 is 0. The summed E-state index contributed by atoms with van der Waals surface area (Å²) in [7, 11) is 1.67. The van der Waals surface area contributed by atoms with Gasteiger partial charge in [0.25, 0.3) is 5.91 Å². The first kappa shape index (κ1) is 17.0. The average Bonchev–Trinajstić information content (AvgIpc) is 2.65. The summed E-state index contributed by atoms with van der Waals surface area (Å²) < 4.78 is 16.0. The molecule has 0 aliphatic carbocycles. The number of rotatable bonds is 7. The molecule has 0 saturated carbocycles. The molecule has 2 N–H and O–H groups in total. The smallest absolute Gasteiger partial charge is 0.255 e. The Kier molecular flexibility index (Phi) is 5.69. The van der Waals surface area contributed by atoms with Crippen molar-refractivity contribution >= 4 is 17.4 Å². The van der Waals surface area contributed by atoms with Crippen LogP contribution in [0.15, 0.2) is 36.5 Å². The largest absolute Gasteiger partial charge is 0.486 e. The van der Waals surface area contributed by atoms with Crippen molar-refractivity contribution in [1.82, 2.24) is 4.98 Å². The summed E-state index contributed by atoms with van der Waals surface area (Å²) in [4.78, 5) is 16.7. The van der Waals surface area contributed by atoms with E-state index in [0.29, 0.717) is 48.4 Å². The predicted molar refractivity (Wildman–Crippen MR) is 94.6 cm³/mol. The highest BCUT2D eigenvalue weighted by Gasteiger charge is 2.13. The second-order valence-electron chi connectivity index (χ2n) is 5.52. The maximum absolute atomic E-state index is 12.5. The van der Waals surface area contributed by atoms with Crippen LogP contribution < -0.4 is 20.1 Å². The second kappa shape index (κ2) is 8.34. The van der Waals surface area contributed by atoms with Crippen LogP contribution in [0.2, 0.25) is 0 Å². The summed E-state index contributed by atoms with van der Waals surface area (Å²) in [5.74, 6) is 1.78. The minimum Gasteiger partial charge on any atom is -0.486 e. The molecule has 0 spiro atoms. The first-order chi connectivity index (χ1) is 12.3. The highest BCUT2D eigenvalue weighted by Crippen LogP contribution is 2.32. The van der Waals surface area contributed by atoms with Crippen molar-refractivity contribution in [3.8, 4) is 11.5 Å². The van der Waals surface area contributed by atoms with Crippen LogP contribution in [0.25, 0.3) is 0 Å². The molecule has 132 valence electrons. The van der Waals surface area contributed by atoms with Gasteiger partial charge in [-0.1, -0.05) is 0 Å². The molecule has 1 aromatic heterocycles. The standard InChI is InChI=1S/C18H21N3O4/c1-23-8-2-6-19-17-11-13(5-7-20-17)18(22)21-14-3-4-15-16(12-14)25-10-9-24-15/h3-5,7,11-12H,2,6,8-10H2,1H3,(H,19,20)(H,21,22). The SMILES string of the molecule is COCCCNc1cc(C(=O)Nc2ccc3c(c2)OCCO3)ccn1. The van der Waals surface area contributed by atoms with Gasteiger partial charge in [0.1, 0.15) is 19.0 Å². The Bertz CT molecular complexity index is 736. The third-order valence-electron chi connectivity index (χ3n) is 3.65. The van der Waals surface area contributed by atoms with E-state index in [-0.39, 0.29) is 5.91 Å². The van der Waals surface area contributed by atoms with Gasteiger partial charge in [0, 0.05) is 43.8 Å². The zero-order chi connectivity index (χ0) is 17.5. The van der Waals surface area contributed by atoms with Gasteiger partial charge in [-0.3, -0.25) is 4.79 Å². The van der Waals surface area contributed by atoms with E-state index in [1.54, 1.807) is 43.6 Å². The van der Waals surface area contributed by atoms with Crippen molar-refractivity contribution in [2.24, 2.45) is 0 Å². The molecule has 1 aliphatic heterocycles. The van der Waals surface area contributed by atoms with Crippen molar-refractivity contribution in [1.29, 1.82) is 0 Å².